The van der Waals surface area contributed by atoms with E-state index >= 15 is 0 Å². The van der Waals surface area contributed by atoms with Crippen LogP contribution in [0.25, 0.3) is 0 Å². The fraction of sp³-hybridized carbons (Fsp3) is 0.846. The molecule has 0 aromatic heterocycles. The molecule has 8 N–H and O–H groups in total. The van der Waals surface area contributed by atoms with Crippen LogP contribution in [0.2, 0.25) is 0 Å². The molecule has 244 valence electrons. The van der Waals surface area contributed by atoms with Crippen molar-refractivity contribution in [2.45, 2.75) is 127 Å². The monoisotopic (exact) mass is 616 g/mol. The van der Waals surface area contributed by atoms with Gasteiger partial charge in [-0.1, -0.05) is 12.8 Å². The maximum Gasteiger partial charge on any atom is 0.408 e. The van der Waals surface area contributed by atoms with Gasteiger partial charge >= 0.3 is 12.2 Å². The topological polar surface area (TPSA) is 203 Å². The van der Waals surface area contributed by atoms with Crippen molar-refractivity contribution in [1.82, 2.24) is 10.6 Å². The van der Waals surface area contributed by atoms with Crippen LogP contribution in [0.15, 0.2) is 0 Å². The number of alkyl carbamates (subject to hydrolysis) is 2. The number of carbonyl (C=O) groups excluding carboxylic acids is 4. The Morgan fingerprint density at radius 3 is 1.10 bits per heavy atom. The van der Waals surface area contributed by atoms with Crippen LogP contribution < -0.4 is 22.1 Å². The minimum absolute atomic E-state index is 0.269. The van der Waals surface area contributed by atoms with E-state index in [1.54, 1.807) is 41.5 Å². The molecular formula is C26H44F4N4O8. The molecular weight excluding hydrogens is 572 g/mol. The number of rotatable bonds is 10. The lowest BCUT2D eigenvalue weighted by Crippen LogP contribution is -2.61. The Morgan fingerprint density at radius 2 is 0.929 bits per heavy atom. The van der Waals surface area contributed by atoms with Gasteiger partial charge in [-0.3, -0.25) is 9.59 Å². The minimum atomic E-state index is -3.44. The van der Waals surface area contributed by atoms with E-state index in [1.807, 2.05) is 10.6 Å². The summed E-state index contributed by atoms with van der Waals surface area (Å²) < 4.78 is 67.0. The van der Waals surface area contributed by atoms with Crippen LogP contribution in [0, 0.1) is 11.8 Å². The molecule has 0 bridgehead atoms. The Labute approximate surface area is 242 Å². The van der Waals surface area contributed by atoms with Crippen LogP contribution in [-0.4, -0.2) is 81.6 Å². The molecule has 12 nitrogen and oxygen atoms in total. The molecule has 42 heavy (non-hydrogen) atoms. The molecule has 2 fully saturated rings. The number of amides is 4. The summed E-state index contributed by atoms with van der Waals surface area (Å²) in [5.74, 6) is -11.5. The highest BCUT2D eigenvalue weighted by atomic mass is 19.3. The first-order valence-corrected chi connectivity index (χ1v) is 13.6. The van der Waals surface area contributed by atoms with Gasteiger partial charge < -0.3 is 41.8 Å². The number of nitrogens with one attached hydrogen (secondary N) is 2. The zero-order chi connectivity index (χ0) is 32.8. The van der Waals surface area contributed by atoms with Gasteiger partial charge in [-0.2, -0.15) is 0 Å². The Morgan fingerprint density at radius 1 is 0.667 bits per heavy atom. The Bertz CT molecular complexity index is 887. The average Bonchev–Trinajstić information content (AvgIpc) is 2.69. The van der Waals surface area contributed by atoms with E-state index in [1.165, 1.54) is 0 Å². The molecule has 2 saturated carbocycles. The molecule has 4 amide bonds. The summed E-state index contributed by atoms with van der Waals surface area (Å²) in [7, 11) is 0. The Hall–Kier alpha value is -2.88. The van der Waals surface area contributed by atoms with Crippen LogP contribution in [0.5, 0.6) is 0 Å². The summed E-state index contributed by atoms with van der Waals surface area (Å²) in [5, 5.41) is 23.0. The second-order valence-corrected chi connectivity index (χ2v) is 12.5. The van der Waals surface area contributed by atoms with E-state index < -0.39 is 83.2 Å². The molecule has 0 spiro atoms. The number of alkyl halides is 4. The van der Waals surface area contributed by atoms with E-state index in [4.69, 9.17) is 20.9 Å². The number of halogens is 4. The van der Waals surface area contributed by atoms with Crippen molar-refractivity contribution >= 4 is 24.0 Å². The molecule has 2 aliphatic carbocycles. The van der Waals surface area contributed by atoms with Crippen LogP contribution in [0.3, 0.4) is 0 Å². The SMILES string of the molecule is CC(C)(C)OC(=O)NC(C(O)C(N)=O)C(F)(F)C1CCC1.CC(C)(C)OC(=O)NC(C(O)C(N)=O)C(F)(F)C1CCC1. The maximum atomic E-state index is 14.3. The van der Waals surface area contributed by atoms with Crippen molar-refractivity contribution < 1.29 is 56.4 Å². The number of ether oxygens (including phenoxy) is 2. The first kappa shape index (κ1) is 37.1. The highest BCUT2D eigenvalue weighted by Crippen LogP contribution is 2.43. The van der Waals surface area contributed by atoms with Crippen molar-refractivity contribution in [3.8, 4) is 0 Å². The minimum Gasteiger partial charge on any atom is -0.444 e. The van der Waals surface area contributed by atoms with Gasteiger partial charge in [0, 0.05) is 11.8 Å². The molecule has 2 rings (SSSR count). The number of aliphatic hydroxyl groups excluding tert-OH is 2. The Balaban J connectivity index is 0.000000420. The highest BCUT2D eigenvalue weighted by molar-refractivity contribution is 5.81. The van der Waals surface area contributed by atoms with Gasteiger partial charge in [0.15, 0.2) is 12.2 Å². The van der Waals surface area contributed by atoms with Crippen molar-refractivity contribution in [3.63, 3.8) is 0 Å². The Kier molecular flexibility index (Phi) is 12.4. The molecule has 4 atom stereocenters. The molecule has 2 aliphatic rings. The summed E-state index contributed by atoms with van der Waals surface area (Å²) in [6, 6.07) is -4.20. The van der Waals surface area contributed by atoms with Crippen LogP contribution in [0.1, 0.15) is 80.1 Å². The third-order valence-corrected chi connectivity index (χ3v) is 6.69. The number of nitrogens with two attached hydrogens (primary N) is 2. The second kappa shape index (κ2) is 14.1. The van der Waals surface area contributed by atoms with Gasteiger partial charge in [-0.15, -0.1) is 0 Å². The highest BCUT2D eigenvalue weighted by Gasteiger charge is 2.55. The smallest absolute Gasteiger partial charge is 0.408 e. The molecule has 0 radical (unpaired) electrons. The van der Waals surface area contributed by atoms with Crippen LogP contribution in [-0.2, 0) is 19.1 Å². The number of primary amides is 2. The van der Waals surface area contributed by atoms with E-state index in [0.29, 0.717) is 12.8 Å². The van der Waals surface area contributed by atoms with Gasteiger partial charge in [0.25, 0.3) is 11.8 Å². The lowest BCUT2D eigenvalue weighted by atomic mass is 9.76. The fourth-order valence-corrected chi connectivity index (χ4v) is 4.06. The first-order valence-electron chi connectivity index (χ1n) is 13.6. The molecule has 0 heterocycles. The van der Waals surface area contributed by atoms with Gasteiger partial charge in [-0.05, 0) is 67.2 Å². The first-order chi connectivity index (χ1) is 18.9. The molecule has 0 aliphatic heterocycles. The number of carbonyl (C=O) groups is 4. The third-order valence-electron chi connectivity index (χ3n) is 6.69. The van der Waals surface area contributed by atoms with E-state index in [-0.39, 0.29) is 25.7 Å². The van der Waals surface area contributed by atoms with Gasteiger partial charge in [0.1, 0.15) is 23.3 Å². The summed E-state index contributed by atoms with van der Waals surface area (Å²) >= 11 is 0. The van der Waals surface area contributed by atoms with Gasteiger partial charge in [0.05, 0.1) is 0 Å². The number of aliphatic hydroxyl groups is 2. The van der Waals surface area contributed by atoms with Crippen molar-refractivity contribution in [2.24, 2.45) is 23.3 Å². The predicted octanol–water partition coefficient (Wildman–Crippen LogP) is 2.32. The molecule has 16 heteroatoms. The van der Waals surface area contributed by atoms with E-state index in [2.05, 4.69) is 0 Å². The van der Waals surface area contributed by atoms with Gasteiger partial charge in [-0.25, -0.2) is 27.2 Å². The summed E-state index contributed by atoms with van der Waals surface area (Å²) in [6.45, 7) is 9.39. The number of hydrogen-bond donors (Lipinski definition) is 6. The van der Waals surface area contributed by atoms with E-state index in [0.717, 1.165) is 0 Å². The zero-order valence-corrected chi connectivity index (χ0v) is 24.7. The summed E-state index contributed by atoms with van der Waals surface area (Å²) in [5.41, 5.74) is 7.98. The molecule has 0 saturated heterocycles. The lowest BCUT2D eigenvalue weighted by molar-refractivity contribution is -0.154. The normalized spacial score (nSPS) is 19.3. The van der Waals surface area contributed by atoms with Crippen LogP contribution in [0.4, 0.5) is 27.2 Å². The van der Waals surface area contributed by atoms with Crippen LogP contribution >= 0.6 is 0 Å². The average molecular weight is 617 g/mol. The second-order valence-electron chi connectivity index (χ2n) is 12.5. The van der Waals surface area contributed by atoms with Crippen molar-refractivity contribution in [3.05, 3.63) is 0 Å². The standard InChI is InChI=1S/2C13H22F2N2O4/c2*1-12(2,3)21-11(20)17-9(8(18)10(16)19)13(14,15)7-5-4-6-7/h2*7-9,18H,4-6H2,1-3H3,(H2,16,19)(H,17,20). The summed E-state index contributed by atoms with van der Waals surface area (Å²) in [6.07, 6.45) is -4.27. The quantitative estimate of drug-likeness (QED) is 0.201. The largest absolute Gasteiger partial charge is 0.444 e. The fourth-order valence-electron chi connectivity index (χ4n) is 4.06. The summed E-state index contributed by atoms with van der Waals surface area (Å²) in [4.78, 5) is 45.3. The van der Waals surface area contributed by atoms with E-state index in [9.17, 15) is 47.0 Å². The lowest BCUT2D eigenvalue weighted by Gasteiger charge is -2.39. The van der Waals surface area contributed by atoms with Crippen molar-refractivity contribution in [2.75, 3.05) is 0 Å². The molecule has 0 aromatic carbocycles. The van der Waals surface area contributed by atoms with Gasteiger partial charge in [0.2, 0.25) is 11.8 Å². The predicted molar refractivity (Wildman–Crippen MR) is 141 cm³/mol. The maximum absolute atomic E-state index is 14.3. The third kappa shape index (κ3) is 10.7. The molecule has 0 aromatic rings. The zero-order valence-electron chi connectivity index (χ0n) is 24.7. The number of hydrogen-bond acceptors (Lipinski definition) is 8. The van der Waals surface area contributed by atoms with Crippen molar-refractivity contribution in [1.29, 1.82) is 0 Å². The molecule has 4 unspecified atom stereocenters.